The Bertz CT molecular complexity index is 817. The predicted octanol–water partition coefficient (Wildman–Crippen LogP) is 2.67. The van der Waals surface area contributed by atoms with Crippen molar-refractivity contribution in [2.45, 2.75) is 6.42 Å². The summed E-state index contributed by atoms with van der Waals surface area (Å²) in [4.78, 5) is 13.5. The number of piperazine rings is 1. The van der Waals surface area contributed by atoms with Gasteiger partial charge in [-0.1, -0.05) is 6.07 Å². The van der Waals surface area contributed by atoms with Crippen LogP contribution in [0.1, 0.15) is 5.56 Å². The standard InChI is InChI=1S/C22H31N5O3.HI/c1-23-22(27-13-11-26(12-14-27)21-7-5-6-9-24-21)25-10-8-18-19(29-3)15-17(28-2)16-20(18)30-4;/h5-7,9,15-16H,8,10-14H2,1-4H3,(H,23,25);1H. The van der Waals surface area contributed by atoms with Crippen molar-refractivity contribution in [3.05, 3.63) is 42.1 Å². The number of methoxy groups -OCH3 is 3. The Labute approximate surface area is 201 Å². The van der Waals surface area contributed by atoms with E-state index in [1.54, 1.807) is 21.3 Å². The minimum atomic E-state index is 0. The number of anilines is 1. The molecule has 170 valence electrons. The van der Waals surface area contributed by atoms with Crippen LogP contribution in [-0.2, 0) is 6.42 Å². The summed E-state index contributed by atoms with van der Waals surface area (Å²) in [6.45, 7) is 4.33. The number of guanidine groups is 1. The fraction of sp³-hybridized carbons (Fsp3) is 0.455. The maximum Gasteiger partial charge on any atom is 0.193 e. The first kappa shape index (κ1) is 24.8. The van der Waals surface area contributed by atoms with Gasteiger partial charge in [-0.15, -0.1) is 24.0 Å². The van der Waals surface area contributed by atoms with Crippen LogP contribution in [-0.4, -0.2) is 76.9 Å². The van der Waals surface area contributed by atoms with Crippen molar-refractivity contribution < 1.29 is 14.2 Å². The Morgan fingerprint density at radius 2 is 1.71 bits per heavy atom. The van der Waals surface area contributed by atoms with Crippen molar-refractivity contribution in [3.8, 4) is 17.2 Å². The molecule has 0 aliphatic carbocycles. The van der Waals surface area contributed by atoms with Gasteiger partial charge in [0.1, 0.15) is 23.1 Å². The molecule has 1 fully saturated rings. The first-order chi connectivity index (χ1) is 14.7. The zero-order valence-electron chi connectivity index (χ0n) is 18.6. The van der Waals surface area contributed by atoms with Crippen molar-refractivity contribution in [3.63, 3.8) is 0 Å². The molecule has 1 aromatic heterocycles. The lowest BCUT2D eigenvalue weighted by Crippen LogP contribution is -2.53. The van der Waals surface area contributed by atoms with E-state index in [-0.39, 0.29) is 24.0 Å². The zero-order valence-corrected chi connectivity index (χ0v) is 21.0. The van der Waals surface area contributed by atoms with Crippen molar-refractivity contribution in [1.29, 1.82) is 0 Å². The van der Waals surface area contributed by atoms with Crippen LogP contribution in [0.25, 0.3) is 0 Å². The number of ether oxygens (including phenoxy) is 3. The summed E-state index contributed by atoms with van der Waals surface area (Å²) in [6, 6.07) is 9.78. The van der Waals surface area contributed by atoms with Gasteiger partial charge in [-0.3, -0.25) is 4.99 Å². The average Bonchev–Trinajstić information content (AvgIpc) is 2.82. The number of aliphatic imine (C=N–C) groups is 1. The topological polar surface area (TPSA) is 71.5 Å². The van der Waals surface area contributed by atoms with E-state index in [4.69, 9.17) is 14.2 Å². The summed E-state index contributed by atoms with van der Waals surface area (Å²) in [6.07, 6.45) is 2.58. The van der Waals surface area contributed by atoms with E-state index in [1.165, 1.54) is 0 Å². The van der Waals surface area contributed by atoms with Crippen LogP contribution in [0.3, 0.4) is 0 Å². The molecule has 0 spiro atoms. The SMILES string of the molecule is CN=C(NCCc1c(OC)cc(OC)cc1OC)N1CCN(c2ccccn2)CC1.I. The fourth-order valence-corrected chi connectivity index (χ4v) is 3.64. The number of pyridine rings is 1. The van der Waals surface area contributed by atoms with Gasteiger partial charge in [0.2, 0.25) is 0 Å². The summed E-state index contributed by atoms with van der Waals surface area (Å²) in [5.41, 5.74) is 1.00. The van der Waals surface area contributed by atoms with Crippen LogP contribution in [0.5, 0.6) is 17.2 Å². The Morgan fingerprint density at radius 1 is 1.03 bits per heavy atom. The number of rotatable bonds is 7. The molecule has 0 unspecified atom stereocenters. The van der Waals surface area contributed by atoms with E-state index in [0.717, 1.165) is 61.4 Å². The predicted molar refractivity (Wildman–Crippen MR) is 135 cm³/mol. The number of nitrogens with one attached hydrogen (secondary N) is 1. The molecule has 1 saturated heterocycles. The van der Waals surface area contributed by atoms with Gasteiger partial charge in [0.05, 0.1) is 21.3 Å². The van der Waals surface area contributed by atoms with Gasteiger partial charge in [0, 0.05) is 63.7 Å². The molecule has 2 aromatic rings. The lowest BCUT2D eigenvalue weighted by atomic mass is 10.1. The average molecular weight is 541 g/mol. The molecule has 8 nitrogen and oxygen atoms in total. The highest BCUT2D eigenvalue weighted by molar-refractivity contribution is 14.0. The molecule has 2 heterocycles. The van der Waals surface area contributed by atoms with Crippen LogP contribution in [0.4, 0.5) is 5.82 Å². The fourth-order valence-electron chi connectivity index (χ4n) is 3.64. The van der Waals surface area contributed by atoms with Crippen LogP contribution in [0, 0.1) is 0 Å². The first-order valence-corrected chi connectivity index (χ1v) is 10.1. The van der Waals surface area contributed by atoms with Crippen molar-refractivity contribution in [2.24, 2.45) is 4.99 Å². The third-order valence-corrected chi connectivity index (χ3v) is 5.24. The molecule has 1 aliphatic heterocycles. The molecule has 1 N–H and O–H groups in total. The molecular weight excluding hydrogens is 509 g/mol. The molecule has 0 bridgehead atoms. The normalized spacial score (nSPS) is 14.0. The van der Waals surface area contributed by atoms with Gasteiger partial charge in [-0.05, 0) is 18.6 Å². The van der Waals surface area contributed by atoms with E-state index in [1.807, 2.05) is 37.5 Å². The third kappa shape index (κ3) is 6.28. The third-order valence-electron chi connectivity index (χ3n) is 5.24. The van der Waals surface area contributed by atoms with E-state index in [0.29, 0.717) is 12.3 Å². The van der Waals surface area contributed by atoms with Crippen molar-refractivity contribution in [1.82, 2.24) is 15.2 Å². The second-order valence-corrected chi connectivity index (χ2v) is 6.90. The Kier molecular flexibility index (Phi) is 9.96. The molecule has 0 amide bonds. The summed E-state index contributed by atoms with van der Waals surface area (Å²) >= 11 is 0. The lowest BCUT2D eigenvalue weighted by Gasteiger charge is -2.37. The number of nitrogens with zero attached hydrogens (tertiary/aromatic N) is 4. The Morgan fingerprint density at radius 3 is 2.23 bits per heavy atom. The first-order valence-electron chi connectivity index (χ1n) is 10.1. The Balaban J connectivity index is 0.00000341. The van der Waals surface area contributed by atoms with Gasteiger partial charge in [0.15, 0.2) is 5.96 Å². The maximum absolute atomic E-state index is 5.54. The quantitative estimate of drug-likeness (QED) is 0.329. The molecule has 0 saturated carbocycles. The largest absolute Gasteiger partial charge is 0.496 e. The van der Waals surface area contributed by atoms with Crippen molar-refractivity contribution >= 4 is 35.8 Å². The summed E-state index contributed by atoms with van der Waals surface area (Å²) in [5.74, 6) is 4.15. The number of hydrogen-bond donors (Lipinski definition) is 1. The minimum Gasteiger partial charge on any atom is -0.496 e. The number of benzene rings is 1. The second kappa shape index (κ2) is 12.4. The molecule has 9 heteroatoms. The molecule has 31 heavy (non-hydrogen) atoms. The monoisotopic (exact) mass is 541 g/mol. The van der Waals surface area contributed by atoms with Gasteiger partial charge in [-0.25, -0.2) is 4.98 Å². The van der Waals surface area contributed by atoms with Gasteiger partial charge < -0.3 is 29.3 Å². The molecule has 0 atom stereocenters. The maximum atomic E-state index is 5.54. The van der Waals surface area contributed by atoms with Gasteiger partial charge in [0.25, 0.3) is 0 Å². The minimum absolute atomic E-state index is 0. The van der Waals surface area contributed by atoms with E-state index < -0.39 is 0 Å². The molecule has 3 rings (SSSR count). The van der Waals surface area contributed by atoms with Crippen LogP contribution in [0.15, 0.2) is 41.5 Å². The van der Waals surface area contributed by atoms with Crippen LogP contribution < -0.4 is 24.4 Å². The number of halogens is 1. The summed E-state index contributed by atoms with van der Waals surface area (Å²) in [7, 11) is 6.77. The number of hydrogen-bond acceptors (Lipinski definition) is 6. The number of aromatic nitrogens is 1. The molecule has 1 aliphatic rings. The van der Waals surface area contributed by atoms with Crippen LogP contribution >= 0.6 is 24.0 Å². The van der Waals surface area contributed by atoms with Crippen molar-refractivity contribution in [2.75, 3.05) is 66.0 Å². The summed E-state index contributed by atoms with van der Waals surface area (Å²) < 4.78 is 16.4. The van der Waals surface area contributed by atoms with Crippen LogP contribution in [0.2, 0.25) is 0 Å². The molecule has 1 aromatic carbocycles. The lowest BCUT2D eigenvalue weighted by molar-refractivity contribution is 0.365. The molecular formula is C22H32IN5O3. The second-order valence-electron chi connectivity index (χ2n) is 6.90. The zero-order chi connectivity index (χ0) is 21.3. The molecule has 0 radical (unpaired) electrons. The van der Waals surface area contributed by atoms with E-state index in [9.17, 15) is 0 Å². The van der Waals surface area contributed by atoms with E-state index >= 15 is 0 Å². The summed E-state index contributed by atoms with van der Waals surface area (Å²) in [5, 5.41) is 3.47. The Hall–Kier alpha value is -2.43. The highest BCUT2D eigenvalue weighted by Crippen LogP contribution is 2.34. The van der Waals surface area contributed by atoms with Gasteiger partial charge in [-0.2, -0.15) is 0 Å². The highest BCUT2D eigenvalue weighted by Gasteiger charge is 2.20. The smallest absolute Gasteiger partial charge is 0.193 e. The highest BCUT2D eigenvalue weighted by atomic mass is 127. The van der Waals surface area contributed by atoms with Gasteiger partial charge >= 0.3 is 0 Å². The van der Waals surface area contributed by atoms with E-state index in [2.05, 4.69) is 31.2 Å².